The molecule has 1 aliphatic carbocycles. The van der Waals surface area contributed by atoms with Crippen molar-refractivity contribution in [2.75, 3.05) is 19.7 Å². The molecular formula is C20H29NO. The first-order valence-electron chi connectivity index (χ1n) is 8.98. The maximum Gasteiger partial charge on any atom is 0.0716 e. The maximum absolute atomic E-state index is 5.61. The molecule has 0 amide bonds. The Bertz CT molecular complexity index is 487. The molecule has 2 heteroatoms. The van der Waals surface area contributed by atoms with Gasteiger partial charge >= 0.3 is 0 Å². The molecule has 3 rings (SSSR count). The zero-order chi connectivity index (χ0) is 15.2. The highest BCUT2D eigenvalue weighted by atomic mass is 16.5. The molecule has 1 saturated carbocycles. The average molecular weight is 299 g/mol. The second-order valence-electron chi connectivity index (χ2n) is 6.66. The summed E-state index contributed by atoms with van der Waals surface area (Å²) in [5.41, 5.74) is 4.28. The molecule has 2 nitrogen and oxygen atoms in total. The van der Waals surface area contributed by atoms with Crippen LogP contribution < -0.4 is 0 Å². The van der Waals surface area contributed by atoms with Crippen molar-refractivity contribution in [2.24, 2.45) is 0 Å². The summed E-state index contributed by atoms with van der Waals surface area (Å²) >= 11 is 0. The molecule has 1 unspecified atom stereocenters. The van der Waals surface area contributed by atoms with Crippen molar-refractivity contribution in [2.45, 2.75) is 58.1 Å². The molecule has 0 N–H and O–H groups in total. The van der Waals surface area contributed by atoms with Gasteiger partial charge < -0.3 is 4.74 Å². The van der Waals surface area contributed by atoms with Crippen molar-refractivity contribution >= 4 is 6.08 Å². The van der Waals surface area contributed by atoms with E-state index in [4.69, 9.17) is 4.74 Å². The van der Waals surface area contributed by atoms with Crippen LogP contribution in [0.15, 0.2) is 29.8 Å². The fourth-order valence-corrected chi connectivity index (χ4v) is 3.52. The third kappa shape index (κ3) is 3.99. The first-order chi connectivity index (χ1) is 10.9. The van der Waals surface area contributed by atoms with Gasteiger partial charge in [0.25, 0.3) is 0 Å². The normalized spacial score (nSPS) is 24.4. The summed E-state index contributed by atoms with van der Waals surface area (Å²) < 4.78 is 5.61. The van der Waals surface area contributed by atoms with Gasteiger partial charge in [0.05, 0.1) is 6.61 Å². The molecule has 0 spiro atoms. The standard InChI is InChI=1S/C20H29NO/c1-2-14-22-16-18-10-8-17(9-11-18)15-19-6-3-4-7-20(19)21-12-5-13-21/h8-11,15,20H,2-7,12-14,16H2,1H3. The predicted octanol–water partition coefficient (Wildman–Crippen LogP) is 4.64. The number of benzene rings is 1. The molecule has 1 heterocycles. The SMILES string of the molecule is CCCOCc1ccc(C=C2CCCCC2N2CCC2)cc1. The summed E-state index contributed by atoms with van der Waals surface area (Å²) in [6.07, 6.45) is 10.3. The van der Waals surface area contributed by atoms with Crippen molar-refractivity contribution in [3.63, 3.8) is 0 Å². The van der Waals surface area contributed by atoms with Gasteiger partial charge in [0.1, 0.15) is 0 Å². The average Bonchev–Trinajstić information content (AvgIpc) is 2.49. The van der Waals surface area contributed by atoms with Crippen LogP contribution in [-0.2, 0) is 11.3 Å². The molecular weight excluding hydrogens is 270 g/mol. The molecule has 1 saturated heterocycles. The number of hydrogen-bond acceptors (Lipinski definition) is 2. The second-order valence-corrected chi connectivity index (χ2v) is 6.66. The third-order valence-electron chi connectivity index (χ3n) is 4.90. The zero-order valence-corrected chi connectivity index (χ0v) is 13.9. The fraction of sp³-hybridized carbons (Fsp3) is 0.600. The van der Waals surface area contributed by atoms with Crippen molar-refractivity contribution in [3.05, 3.63) is 41.0 Å². The minimum atomic E-state index is 0.718. The summed E-state index contributed by atoms with van der Waals surface area (Å²) in [5, 5.41) is 0. The van der Waals surface area contributed by atoms with E-state index >= 15 is 0 Å². The smallest absolute Gasteiger partial charge is 0.0716 e. The summed E-state index contributed by atoms with van der Waals surface area (Å²) in [5.74, 6) is 0. The third-order valence-corrected chi connectivity index (χ3v) is 4.90. The van der Waals surface area contributed by atoms with E-state index in [-0.39, 0.29) is 0 Å². The highest BCUT2D eigenvalue weighted by molar-refractivity contribution is 5.55. The van der Waals surface area contributed by atoms with Crippen LogP contribution in [0.1, 0.15) is 56.6 Å². The lowest BCUT2D eigenvalue weighted by Crippen LogP contribution is -2.46. The highest BCUT2D eigenvalue weighted by Gasteiger charge is 2.28. The fourth-order valence-electron chi connectivity index (χ4n) is 3.52. The van der Waals surface area contributed by atoms with Gasteiger partial charge in [-0.2, -0.15) is 0 Å². The van der Waals surface area contributed by atoms with Crippen LogP contribution in [0.25, 0.3) is 6.08 Å². The topological polar surface area (TPSA) is 12.5 Å². The van der Waals surface area contributed by atoms with E-state index in [0.29, 0.717) is 0 Å². The maximum atomic E-state index is 5.61. The van der Waals surface area contributed by atoms with Crippen LogP contribution >= 0.6 is 0 Å². The Morgan fingerprint density at radius 1 is 1.14 bits per heavy atom. The van der Waals surface area contributed by atoms with Crippen molar-refractivity contribution in [1.82, 2.24) is 4.90 Å². The monoisotopic (exact) mass is 299 g/mol. The molecule has 120 valence electrons. The number of nitrogens with zero attached hydrogens (tertiary/aromatic N) is 1. The van der Waals surface area contributed by atoms with Crippen LogP contribution in [0.3, 0.4) is 0 Å². The lowest BCUT2D eigenvalue weighted by molar-refractivity contribution is 0.121. The molecule has 1 aromatic rings. The van der Waals surface area contributed by atoms with E-state index in [9.17, 15) is 0 Å². The van der Waals surface area contributed by atoms with Crippen LogP contribution in [0.5, 0.6) is 0 Å². The molecule has 1 atom stereocenters. The van der Waals surface area contributed by atoms with Gasteiger partial charge in [0.15, 0.2) is 0 Å². The zero-order valence-electron chi connectivity index (χ0n) is 13.9. The minimum absolute atomic E-state index is 0.718. The molecule has 2 aliphatic rings. The van der Waals surface area contributed by atoms with Gasteiger partial charge in [0, 0.05) is 12.6 Å². The predicted molar refractivity (Wildman–Crippen MR) is 92.8 cm³/mol. The van der Waals surface area contributed by atoms with E-state index in [1.165, 1.54) is 56.3 Å². The molecule has 22 heavy (non-hydrogen) atoms. The Hall–Kier alpha value is -1.12. The van der Waals surface area contributed by atoms with Crippen molar-refractivity contribution < 1.29 is 4.74 Å². The molecule has 2 fully saturated rings. The first kappa shape index (κ1) is 15.8. The van der Waals surface area contributed by atoms with Gasteiger partial charge in [-0.15, -0.1) is 0 Å². The van der Waals surface area contributed by atoms with Gasteiger partial charge in [-0.05, 0) is 56.3 Å². The first-order valence-corrected chi connectivity index (χ1v) is 8.98. The van der Waals surface area contributed by atoms with Gasteiger partial charge in [0.2, 0.25) is 0 Å². The summed E-state index contributed by atoms with van der Waals surface area (Å²) in [6.45, 7) is 6.34. The quantitative estimate of drug-likeness (QED) is 0.709. The largest absolute Gasteiger partial charge is 0.377 e. The van der Waals surface area contributed by atoms with Crippen LogP contribution in [-0.4, -0.2) is 30.6 Å². The lowest BCUT2D eigenvalue weighted by Gasteiger charge is -2.42. The Kier molecular flexibility index (Phi) is 5.69. The van der Waals surface area contributed by atoms with Crippen LogP contribution in [0.4, 0.5) is 0 Å². The molecule has 0 aromatic heterocycles. The van der Waals surface area contributed by atoms with Crippen molar-refractivity contribution in [1.29, 1.82) is 0 Å². The van der Waals surface area contributed by atoms with E-state index in [1.807, 2.05) is 0 Å². The lowest BCUT2D eigenvalue weighted by atomic mass is 9.86. The second kappa shape index (κ2) is 7.94. The summed E-state index contributed by atoms with van der Waals surface area (Å²) in [7, 11) is 0. The number of hydrogen-bond donors (Lipinski definition) is 0. The summed E-state index contributed by atoms with van der Waals surface area (Å²) in [4.78, 5) is 2.66. The van der Waals surface area contributed by atoms with Crippen LogP contribution in [0.2, 0.25) is 0 Å². The van der Waals surface area contributed by atoms with Crippen LogP contribution in [0, 0.1) is 0 Å². The molecule has 0 bridgehead atoms. The highest BCUT2D eigenvalue weighted by Crippen LogP contribution is 2.31. The Balaban J connectivity index is 1.64. The Morgan fingerprint density at radius 3 is 2.64 bits per heavy atom. The Labute approximate surface area is 135 Å². The molecule has 0 radical (unpaired) electrons. The van der Waals surface area contributed by atoms with E-state index in [0.717, 1.165) is 25.7 Å². The van der Waals surface area contributed by atoms with E-state index < -0.39 is 0 Å². The van der Waals surface area contributed by atoms with E-state index in [2.05, 4.69) is 42.2 Å². The number of likely N-dealkylation sites (tertiary alicyclic amines) is 1. The van der Waals surface area contributed by atoms with Crippen molar-refractivity contribution in [3.8, 4) is 0 Å². The van der Waals surface area contributed by atoms with Gasteiger partial charge in [-0.1, -0.05) is 49.3 Å². The van der Waals surface area contributed by atoms with Gasteiger partial charge in [-0.3, -0.25) is 4.90 Å². The van der Waals surface area contributed by atoms with E-state index in [1.54, 1.807) is 5.57 Å². The number of rotatable bonds is 6. The summed E-state index contributed by atoms with van der Waals surface area (Å²) in [6, 6.07) is 9.64. The molecule has 1 aliphatic heterocycles. The Morgan fingerprint density at radius 2 is 1.95 bits per heavy atom. The molecule has 1 aromatic carbocycles. The minimum Gasteiger partial charge on any atom is -0.377 e. The van der Waals surface area contributed by atoms with Gasteiger partial charge in [-0.25, -0.2) is 0 Å². The number of ether oxygens (including phenoxy) is 1.